The van der Waals surface area contributed by atoms with Gasteiger partial charge in [-0.1, -0.05) is 6.07 Å². The third kappa shape index (κ3) is 1.54. The van der Waals surface area contributed by atoms with E-state index in [9.17, 15) is 4.79 Å². The van der Waals surface area contributed by atoms with Gasteiger partial charge in [-0.2, -0.15) is 0 Å². The number of aliphatic hydroxyl groups excluding tert-OH is 1. The van der Waals surface area contributed by atoms with Gasteiger partial charge in [-0.05, 0) is 17.7 Å². The third-order valence-corrected chi connectivity index (χ3v) is 1.57. The van der Waals surface area contributed by atoms with Crippen LogP contribution in [0.4, 0.5) is 5.69 Å². The Kier molecular flexibility index (Phi) is 2.30. The maximum absolute atomic E-state index is 10.8. The maximum Gasteiger partial charge on any atom is 0.249 e. The van der Waals surface area contributed by atoms with E-state index in [1.54, 1.807) is 12.1 Å². The summed E-state index contributed by atoms with van der Waals surface area (Å²) in [6.07, 6.45) is 0. The van der Waals surface area contributed by atoms with E-state index < -0.39 is 5.91 Å². The Morgan fingerprint density at radius 3 is 2.67 bits per heavy atom. The zero-order chi connectivity index (χ0) is 9.14. The van der Waals surface area contributed by atoms with Crippen molar-refractivity contribution < 1.29 is 9.90 Å². The van der Waals surface area contributed by atoms with Gasteiger partial charge in [0.15, 0.2) is 0 Å². The molecule has 0 saturated carbocycles. The number of aliphatic hydroxyl groups is 1. The number of nitrogen functional groups attached to an aromatic ring is 1. The standard InChI is InChI=1S/C8H10N2O2/c9-6-2-1-5(4-11)7(3-6)8(10)12/h1-3,11H,4,9H2,(H2,10,12). The molecule has 4 nitrogen and oxygen atoms in total. The van der Waals surface area contributed by atoms with Crippen molar-refractivity contribution in [3.8, 4) is 0 Å². The minimum atomic E-state index is -0.577. The first-order chi connectivity index (χ1) is 5.65. The van der Waals surface area contributed by atoms with Crippen LogP contribution in [0.1, 0.15) is 15.9 Å². The van der Waals surface area contributed by atoms with E-state index in [4.69, 9.17) is 16.6 Å². The van der Waals surface area contributed by atoms with Crippen LogP contribution < -0.4 is 11.5 Å². The van der Waals surface area contributed by atoms with Crippen LogP contribution >= 0.6 is 0 Å². The van der Waals surface area contributed by atoms with Crippen LogP contribution in [0.5, 0.6) is 0 Å². The first-order valence-corrected chi connectivity index (χ1v) is 3.44. The number of anilines is 1. The molecular formula is C8H10N2O2. The SMILES string of the molecule is NC(=O)c1cc(N)ccc1CO. The third-order valence-electron chi connectivity index (χ3n) is 1.57. The number of nitrogens with two attached hydrogens (primary N) is 2. The van der Waals surface area contributed by atoms with Gasteiger partial charge in [0.2, 0.25) is 5.91 Å². The molecule has 0 radical (unpaired) electrons. The minimum Gasteiger partial charge on any atom is -0.399 e. The van der Waals surface area contributed by atoms with Gasteiger partial charge in [-0.25, -0.2) is 0 Å². The van der Waals surface area contributed by atoms with Crippen molar-refractivity contribution in [2.75, 3.05) is 5.73 Å². The molecule has 64 valence electrons. The molecule has 0 aromatic heterocycles. The van der Waals surface area contributed by atoms with Crippen molar-refractivity contribution in [1.29, 1.82) is 0 Å². The minimum absolute atomic E-state index is 0.210. The molecule has 0 heterocycles. The number of primary amides is 1. The van der Waals surface area contributed by atoms with Crippen LogP contribution in [0.3, 0.4) is 0 Å². The van der Waals surface area contributed by atoms with Crippen molar-refractivity contribution in [2.24, 2.45) is 5.73 Å². The highest BCUT2D eigenvalue weighted by molar-refractivity contribution is 5.95. The number of benzene rings is 1. The molecule has 0 aliphatic carbocycles. The molecule has 1 aromatic carbocycles. The Morgan fingerprint density at radius 2 is 2.17 bits per heavy atom. The Labute approximate surface area is 69.8 Å². The Balaban J connectivity index is 3.21. The fourth-order valence-corrected chi connectivity index (χ4v) is 0.961. The molecule has 0 atom stereocenters. The number of hydrogen-bond donors (Lipinski definition) is 3. The van der Waals surface area contributed by atoms with Crippen molar-refractivity contribution in [1.82, 2.24) is 0 Å². The highest BCUT2D eigenvalue weighted by atomic mass is 16.3. The predicted molar refractivity (Wildman–Crippen MR) is 45.3 cm³/mol. The number of carbonyl (C=O) groups is 1. The summed E-state index contributed by atoms with van der Waals surface area (Å²) < 4.78 is 0. The van der Waals surface area contributed by atoms with Crippen molar-refractivity contribution in [3.05, 3.63) is 29.3 Å². The van der Waals surface area contributed by atoms with Gasteiger partial charge in [0.1, 0.15) is 0 Å². The lowest BCUT2D eigenvalue weighted by Gasteiger charge is -2.03. The van der Waals surface area contributed by atoms with E-state index in [1.807, 2.05) is 0 Å². The van der Waals surface area contributed by atoms with E-state index in [0.717, 1.165) is 0 Å². The van der Waals surface area contributed by atoms with Gasteiger partial charge < -0.3 is 16.6 Å². The summed E-state index contributed by atoms with van der Waals surface area (Å²) >= 11 is 0. The molecule has 1 aromatic rings. The average Bonchev–Trinajstić information content (AvgIpc) is 2.04. The van der Waals surface area contributed by atoms with E-state index in [-0.39, 0.29) is 12.2 Å². The summed E-state index contributed by atoms with van der Waals surface area (Å²) in [6, 6.07) is 4.64. The van der Waals surface area contributed by atoms with Gasteiger partial charge in [0.05, 0.1) is 6.61 Å². The lowest BCUT2D eigenvalue weighted by Crippen LogP contribution is -2.14. The van der Waals surface area contributed by atoms with Gasteiger partial charge in [-0.3, -0.25) is 4.79 Å². The molecule has 0 saturated heterocycles. The molecule has 0 unspecified atom stereocenters. The summed E-state index contributed by atoms with van der Waals surface area (Å²) in [7, 11) is 0. The molecule has 1 rings (SSSR count). The second-order valence-electron chi connectivity index (χ2n) is 2.44. The monoisotopic (exact) mass is 166 g/mol. The van der Waals surface area contributed by atoms with Crippen molar-refractivity contribution >= 4 is 11.6 Å². The van der Waals surface area contributed by atoms with Crippen LogP contribution in [0, 0.1) is 0 Å². The molecule has 0 spiro atoms. The summed E-state index contributed by atoms with van der Waals surface area (Å²) in [6.45, 7) is -0.210. The lowest BCUT2D eigenvalue weighted by atomic mass is 10.1. The van der Waals surface area contributed by atoms with E-state index in [2.05, 4.69) is 0 Å². The largest absolute Gasteiger partial charge is 0.399 e. The average molecular weight is 166 g/mol. The summed E-state index contributed by atoms with van der Waals surface area (Å²) in [4.78, 5) is 10.8. The number of amides is 1. The van der Waals surface area contributed by atoms with Crippen LogP contribution in [0.15, 0.2) is 18.2 Å². The van der Waals surface area contributed by atoms with Crippen molar-refractivity contribution in [3.63, 3.8) is 0 Å². The highest BCUT2D eigenvalue weighted by Crippen LogP contribution is 2.12. The lowest BCUT2D eigenvalue weighted by molar-refractivity contribution is 0.0997. The summed E-state index contributed by atoms with van der Waals surface area (Å²) in [5, 5.41) is 8.81. The number of hydrogen-bond acceptors (Lipinski definition) is 3. The molecule has 0 fully saturated rings. The summed E-state index contributed by atoms with van der Waals surface area (Å²) in [5.74, 6) is -0.577. The van der Waals surface area contributed by atoms with Crippen LogP contribution in [0.2, 0.25) is 0 Å². The zero-order valence-corrected chi connectivity index (χ0v) is 6.45. The van der Waals surface area contributed by atoms with Gasteiger partial charge >= 0.3 is 0 Å². The number of carbonyl (C=O) groups excluding carboxylic acids is 1. The number of rotatable bonds is 2. The molecule has 0 aliphatic rings. The fraction of sp³-hybridized carbons (Fsp3) is 0.125. The first kappa shape index (κ1) is 8.55. The molecule has 1 amide bonds. The molecule has 0 bridgehead atoms. The molecule has 5 N–H and O–H groups in total. The van der Waals surface area contributed by atoms with Crippen LogP contribution in [0.25, 0.3) is 0 Å². The zero-order valence-electron chi connectivity index (χ0n) is 6.45. The smallest absolute Gasteiger partial charge is 0.249 e. The predicted octanol–water partition coefficient (Wildman–Crippen LogP) is -0.140. The van der Waals surface area contributed by atoms with Crippen LogP contribution in [-0.2, 0) is 6.61 Å². The second kappa shape index (κ2) is 3.23. The maximum atomic E-state index is 10.8. The van der Waals surface area contributed by atoms with E-state index in [0.29, 0.717) is 11.3 Å². The second-order valence-corrected chi connectivity index (χ2v) is 2.44. The van der Waals surface area contributed by atoms with Crippen molar-refractivity contribution in [2.45, 2.75) is 6.61 Å². The van der Waals surface area contributed by atoms with Gasteiger partial charge in [0.25, 0.3) is 0 Å². The molecule has 0 aliphatic heterocycles. The fourth-order valence-electron chi connectivity index (χ4n) is 0.961. The highest BCUT2D eigenvalue weighted by Gasteiger charge is 2.06. The molecule has 4 heteroatoms. The molecule has 12 heavy (non-hydrogen) atoms. The normalized spacial score (nSPS) is 9.75. The quantitative estimate of drug-likeness (QED) is 0.534. The van der Waals surface area contributed by atoms with Gasteiger partial charge in [0, 0.05) is 11.3 Å². The first-order valence-electron chi connectivity index (χ1n) is 3.44. The van der Waals surface area contributed by atoms with Crippen LogP contribution in [-0.4, -0.2) is 11.0 Å². The Hall–Kier alpha value is -1.55. The summed E-state index contributed by atoms with van der Waals surface area (Å²) in [5.41, 5.74) is 11.7. The molecular weight excluding hydrogens is 156 g/mol. The van der Waals surface area contributed by atoms with E-state index in [1.165, 1.54) is 6.07 Å². The topological polar surface area (TPSA) is 89.3 Å². The Morgan fingerprint density at radius 1 is 1.50 bits per heavy atom. The van der Waals surface area contributed by atoms with Gasteiger partial charge in [-0.15, -0.1) is 0 Å². The Bertz CT molecular complexity index is 310. The van der Waals surface area contributed by atoms with E-state index >= 15 is 0 Å².